The van der Waals surface area contributed by atoms with Crippen molar-refractivity contribution < 1.29 is 22.8 Å². The average Bonchev–Trinajstić information content (AvgIpc) is 1.93. The van der Waals surface area contributed by atoms with Gasteiger partial charge in [-0.3, -0.25) is 0 Å². The molecule has 0 aromatic carbocycles. The molecule has 0 spiro atoms. The van der Waals surface area contributed by atoms with E-state index >= 15 is 0 Å². The maximum atomic E-state index is 10.7. The lowest BCUT2D eigenvalue weighted by molar-refractivity contribution is -0.883. The standard InChI is InChI=1S/C8H18N2O4S/c1-10(2,7-8(11)12)6-4-5-9-15(3,13)14/h9H,4-7H2,1-3H3/p+1. The smallest absolute Gasteiger partial charge is 0.359 e. The van der Waals surface area contributed by atoms with Crippen molar-refractivity contribution in [2.45, 2.75) is 6.42 Å². The summed E-state index contributed by atoms with van der Waals surface area (Å²) in [5.41, 5.74) is 0. The number of carboxylic acids is 1. The Hall–Kier alpha value is -0.660. The van der Waals surface area contributed by atoms with Gasteiger partial charge >= 0.3 is 5.97 Å². The predicted molar refractivity (Wildman–Crippen MR) is 56.9 cm³/mol. The summed E-state index contributed by atoms with van der Waals surface area (Å²) >= 11 is 0. The fourth-order valence-electron chi connectivity index (χ4n) is 1.21. The van der Waals surface area contributed by atoms with E-state index in [2.05, 4.69) is 4.72 Å². The van der Waals surface area contributed by atoms with Gasteiger partial charge in [0.1, 0.15) is 0 Å². The number of carbonyl (C=O) groups is 1. The molecule has 0 heterocycles. The van der Waals surface area contributed by atoms with E-state index in [9.17, 15) is 13.2 Å². The Morgan fingerprint density at radius 3 is 2.33 bits per heavy atom. The maximum Gasteiger partial charge on any atom is 0.359 e. The Bertz CT molecular complexity index is 311. The number of hydrogen-bond acceptors (Lipinski definition) is 3. The van der Waals surface area contributed by atoms with E-state index in [1.807, 2.05) is 0 Å². The van der Waals surface area contributed by atoms with E-state index in [0.717, 1.165) is 6.26 Å². The zero-order chi connectivity index (χ0) is 12.1. The molecule has 15 heavy (non-hydrogen) atoms. The Morgan fingerprint density at radius 1 is 1.40 bits per heavy atom. The molecule has 0 radical (unpaired) electrons. The lowest BCUT2D eigenvalue weighted by atomic mass is 10.3. The van der Waals surface area contributed by atoms with Crippen molar-refractivity contribution in [1.29, 1.82) is 0 Å². The van der Waals surface area contributed by atoms with E-state index in [-0.39, 0.29) is 6.54 Å². The molecule has 0 rings (SSSR count). The van der Waals surface area contributed by atoms with Gasteiger partial charge in [-0.05, 0) is 0 Å². The third-order valence-electron chi connectivity index (χ3n) is 1.87. The van der Waals surface area contributed by atoms with E-state index in [4.69, 9.17) is 5.11 Å². The van der Waals surface area contributed by atoms with Crippen LogP contribution in [-0.4, -0.2) is 64.0 Å². The number of nitrogens with zero attached hydrogens (tertiary/aromatic N) is 1. The van der Waals surface area contributed by atoms with E-state index < -0.39 is 16.0 Å². The van der Waals surface area contributed by atoms with Gasteiger partial charge in [-0.25, -0.2) is 17.9 Å². The van der Waals surface area contributed by atoms with Gasteiger partial charge in [-0.15, -0.1) is 0 Å². The molecule has 0 unspecified atom stereocenters. The highest BCUT2D eigenvalue weighted by Gasteiger charge is 2.18. The number of hydrogen-bond donors (Lipinski definition) is 2. The topological polar surface area (TPSA) is 83.5 Å². The lowest BCUT2D eigenvalue weighted by Crippen LogP contribution is -2.45. The van der Waals surface area contributed by atoms with Crippen molar-refractivity contribution in [1.82, 2.24) is 4.72 Å². The molecule has 0 aromatic rings. The molecular weight excluding hydrogens is 220 g/mol. The Morgan fingerprint density at radius 2 is 1.93 bits per heavy atom. The summed E-state index contributed by atoms with van der Waals surface area (Å²) in [5, 5.41) is 8.61. The van der Waals surface area contributed by atoms with Crippen molar-refractivity contribution in [3.63, 3.8) is 0 Å². The largest absolute Gasteiger partial charge is 0.477 e. The van der Waals surface area contributed by atoms with E-state index in [0.29, 0.717) is 24.0 Å². The summed E-state index contributed by atoms with van der Waals surface area (Å²) in [6, 6.07) is 0. The van der Waals surface area contributed by atoms with Crippen LogP contribution in [0, 0.1) is 0 Å². The minimum absolute atomic E-state index is 0.0406. The summed E-state index contributed by atoms with van der Waals surface area (Å²) in [6.45, 7) is 1.01. The Kier molecular flexibility index (Phi) is 5.19. The van der Waals surface area contributed by atoms with Crippen LogP contribution in [0.4, 0.5) is 0 Å². The first-order valence-corrected chi connectivity index (χ1v) is 6.50. The summed E-state index contributed by atoms with van der Waals surface area (Å²) in [7, 11) is 0.462. The quantitative estimate of drug-likeness (QED) is 0.445. The zero-order valence-corrected chi connectivity index (χ0v) is 10.2. The van der Waals surface area contributed by atoms with Crippen LogP contribution in [0.5, 0.6) is 0 Å². The first kappa shape index (κ1) is 14.3. The first-order valence-electron chi connectivity index (χ1n) is 4.61. The highest BCUT2D eigenvalue weighted by atomic mass is 32.2. The molecule has 0 fully saturated rings. The minimum Gasteiger partial charge on any atom is -0.477 e. The maximum absolute atomic E-state index is 10.7. The van der Waals surface area contributed by atoms with Gasteiger partial charge in [0, 0.05) is 13.0 Å². The number of aliphatic carboxylic acids is 1. The Labute approximate surface area is 90.5 Å². The van der Waals surface area contributed by atoms with Gasteiger partial charge in [-0.1, -0.05) is 0 Å². The molecule has 0 aliphatic rings. The molecule has 90 valence electrons. The SMILES string of the molecule is C[N+](C)(CCCNS(C)(=O)=O)CC(=O)O. The van der Waals surface area contributed by atoms with Crippen molar-refractivity contribution in [3.8, 4) is 0 Å². The minimum atomic E-state index is -3.14. The third kappa shape index (κ3) is 9.64. The van der Waals surface area contributed by atoms with Crippen LogP contribution < -0.4 is 4.72 Å². The molecule has 0 aliphatic carbocycles. The van der Waals surface area contributed by atoms with E-state index in [1.165, 1.54) is 0 Å². The average molecular weight is 239 g/mol. The number of nitrogens with one attached hydrogen (secondary N) is 1. The van der Waals surface area contributed by atoms with Crippen molar-refractivity contribution >= 4 is 16.0 Å². The van der Waals surface area contributed by atoms with Crippen LogP contribution in [0.25, 0.3) is 0 Å². The number of rotatable bonds is 7. The van der Waals surface area contributed by atoms with Gasteiger partial charge in [0.25, 0.3) is 0 Å². The van der Waals surface area contributed by atoms with Crippen molar-refractivity contribution in [2.24, 2.45) is 0 Å². The van der Waals surface area contributed by atoms with Crippen LogP contribution in [-0.2, 0) is 14.8 Å². The number of carboxylic acid groups (broad SMARTS) is 1. The zero-order valence-electron chi connectivity index (χ0n) is 9.36. The molecule has 0 aliphatic heterocycles. The summed E-state index contributed by atoms with van der Waals surface area (Å²) < 4.78 is 24.2. The second-order valence-electron chi connectivity index (χ2n) is 4.23. The first-order chi connectivity index (χ1) is 6.62. The molecule has 0 saturated heterocycles. The molecule has 0 saturated carbocycles. The second kappa shape index (κ2) is 5.43. The van der Waals surface area contributed by atoms with Crippen LogP contribution in [0.2, 0.25) is 0 Å². The summed E-state index contributed by atoms with van der Waals surface area (Å²) in [5.74, 6) is -0.851. The molecule has 2 N–H and O–H groups in total. The van der Waals surface area contributed by atoms with Crippen LogP contribution in [0.1, 0.15) is 6.42 Å². The van der Waals surface area contributed by atoms with Crippen molar-refractivity contribution in [2.75, 3.05) is 40.0 Å². The molecule has 6 nitrogen and oxygen atoms in total. The monoisotopic (exact) mass is 239 g/mol. The number of sulfonamides is 1. The third-order valence-corrected chi connectivity index (χ3v) is 2.60. The van der Waals surface area contributed by atoms with E-state index in [1.54, 1.807) is 14.1 Å². The normalized spacial score (nSPS) is 12.7. The van der Waals surface area contributed by atoms with Crippen LogP contribution >= 0.6 is 0 Å². The fraction of sp³-hybridized carbons (Fsp3) is 0.875. The van der Waals surface area contributed by atoms with Crippen LogP contribution in [0.15, 0.2) is 0 Å². The summed E-state index contributed by atoms with van der Waals surface area (Å²) in [4.78, 5) is 10.5. The van der Waals surface area contributed by atoms with Crippen molar-refractivity contribution in [3.05, 3.63) is 0 Å². The number of likely N-dealkylation sites (N-methyl/N-ethyl adjacent to an activating group) is 1. The Balaban J connectivity index is 3.80. The van der Waals surface area contributed by atoms with Gasteiger partial charge in [-0.2, -0.15) is 0 Å². The van der Waals surface area contributed by atoms with Gasteiger partial charge < -0.3 is 9.59 Å². The predicted octanol–water partition coefficient (Wildman–Crippen LogP) is -0.913. The molecule has 0 atom stereocenters. The van der Waals surface area contributed by atoms with Gasteiger partial charge in [0.15, 0.2) is 6.54 Å². The highest BCUT2D eigenvalue weighted by Crippen LogP contribution is 1.98. The summed E-state index contributed by atoms with van der Waals surface area (Å²) in [6.07, 6.45) is 1.72. The molecule has 0 aromatic heterocycles. The van der Waals surface area contributed by atoms with Gasteiger partial charge in [0.05, 0.1) is 26.9 Å². The molecular formula is C8H19N2O4S+. The van der Waals surface area contributed by atoms with Crippen LogP contribution in [0.3, 0.4) is 0 Å². The lowest BCUT2D eigenvalue weighted by Gasteiger charge is -2.27. The molecule has 0 bridgehead atoms. The number of quaternary nitrogens is 1. The van der Waals surface area contributed by atoms with Gasteiger partial charge in [0.2, 0.25) is 10.0 Å². The fourth-order valence-corrected chi connectivity index (χ4v) is 1.73. The molecule has 7 heteroatoms. The second-order valence-corrected chi connectivity index (χ2v) is 6.06. The highest BCUT2D eigenvalue weighted by molar-refractivity contribution is 7.88. The molecule has 0 amide bonds.